The molecule has 0 aromatic heterocycles. The molecule has 0 heterocycles. The van der Waals surface area contributed by atoms with Gasteiger partial charge in [-0.25, -0.2) is 0 Å². The fourth-order valence-electron chi connectivity index (χ4n) is 2.02. The molecular weight excluding hydrogens is 299 g/mol. The molecule has 0 aliphatic carbocycles. The van der Waals surface area contributed by atoms with E-state index in [4.69, 9.17) is 23.2 Å². The minimum Gasteiger partial charge on any atom is -0.508 e. The van der Waals surface area contributed by atoms with E-state index in [1.54, 1.807) is 30.3 Å². The normalized spacial score (nSPS) is 12.1. The van der Waals surface area contributed by atoms with Gasteiger partial charge in [-0.05, 0) is 41.8 Å². The molecule has 0 radical (unpaired) electrons. The van der Waals surface area contributed by atoms with E-state index in [1.165, 1.54) is 12.1 Å². The van der Waals surface area contributed by atoms with E-state index < -0.39 is 11.9 Å². The molecule has 0 aliphatic heterocycles. The summed E-state index contributed by atoms with van der Waals surface area (Å²) in [6.45, 7) is 0. The second-order valence-corrected chi connectivity index (χ2v) is 5.20. The monoisotopic (exact) mass is 310 g/mol. The Morgan fingerprint density at radius 3 is 2.25 bits per heavy atom. The van der Waals surface area contributed by atoms with Gasteiger partial charge in [0.2, 0.25) is 0 Å². The van der Waals surface area contributed by atoms with Crippen molar-refractivity contribution >= 4 is 29.2 Å². The largest absolute Gasteiger partial charge is 0.508 e. The Hall–Kier alpha value is -1.71. The molecule has 0 bridgehead atoms. The fraction of sp³-hybridized carbons (Fsp3) is 0.133. The molecule has 2 rings (SSSR count). The van der Waals surface area contributed by atoms with Crippen molar-refractivity contribution in [2.45, 2.75) is 12.3 Å². The van der Waals surface area contributed by atoms with Crippen molar-refractivity contribution in [1.29, 1.82) is 0 Å². The molecule has 0 saturated carbocycles. The highest BCUT2D eigenvalue weighted by Gasteiger charge is 2.23. The SMILES string of the molecule is O=C(O)C(Cc1c(Cl)cccc1Cl)c1cccc(O)c1. The number of rotatable bonds is 4. The summed E-state index contributed by atoms with van der Waals surface area (Å²) >= 11 is 12.1. The number of carboxylic acid groups (broad SMARTS) is 1. The van der Waals surface area contributed by atoms with Crippen LogP contribution in [0.2, 0.25) is 10.0 Å². The first kappa shape index (κ1) is 14.7. The van der Waals surface area contributed by atoms with Gasteiger partial charge in [0.05, 0.1) is 5.92 Å². The summed E-state index contributed by atoms with van der Waals surface area (Å²) in [5.74, 6) is -1.79. The van der Waals surface area contributed by atoms with Gasteiger partial charge in [-0.15, -0.1) is 0 Å². The van der Waals surface area contributed by atoms with E-state index in [9.17, 15) is 15.0 Å². The van der Waals surface area contributed by atoms with Gasteiger partial charge in [-0.1, -0.05) is 41.4 Å². The molecule has 5 heteroatoms. The third-order valence-corrected chi connectivity index (χ3v) is 3.75. The first-order chi connectivity index (χ1) is 9.49. The molecule has 0 saturated heterocycles. The van der Waals surface area contributed by atoms with Gasteiger partial charge >= 0.3 is 5.97 Å². The van der Waals surface area contributed by atoms with Crippen molar-refractivity contribution in [1.82, 2.24) is 0 Å². The Balaban J connectivity index is 2.38. The van der Waals surface area contributed by atoms with Crippen LogP contribution >= 0.6 is 23.2 Å². The smallest absolute Gasteiger partial charge is 0.311 e. The summed E-state index contributed by atoms with van der Waals surface area (Å²) < 4.78 is 0. The maximum absolute atomic E-state index is 11.5. The molecule has 3 nitrogen and oxygen atoms in total. The van der Waals surface area contributed by atoms with Crippen molar-refractivity contribution in [3.05, 3.63) is 63.6 Å². The van der Waals surface area contributed by atoms with Gasteiger partial charge in [0.1, 0.15) is 5.75 Å². The van der Waals surface area contributed by atoms with Crippen LogP contribution in [0.5, 0.6) is 5.75 Å². The van der Waals surface area contributed by atoms with Crippen molar-refractivity contribution in [3.8, 4) is 5.75 Å². The zero-order valence-electron chi connectivity index (χ0n) is 10.4. The maximum Gasteiger partial charge on any atom is 0.311 e. The number of hydrogen-bond acceptors (Lipinski definition) is 2. The van der Waals surface area contributed by atoms with Crippen molar-refractivity contribution in [2.24, 2.45) is 0 Å². The summed E-state index contributed by atoms with van der Waals surface area (Å²) in [5.41, 5.74) is 1.10. The molecule has 20 heavy (non-hydrogen) atoms. The number of aliphatic carboxylic acids is 1. The lowest BCUT2D eigenvalue weighted by atomic mass is 9.92. The highest BCUT2D eigenvalue weighted by molar-refractivity contribution is 6.36. The molecule has 0 aliphatic rings. The molecule has 1 atom stereocenters. The Morgan fingerprint density at radius 1 is 1.10 bits per heavy atom. The number of carbonyl (C=O) groups is 1. The van der Waals surface area contributed by atoms with Crippen LogP contribution in [-0.2, 0) is 11.2 Å². The number of carboxylic acids is 1. The highest BCUT2D eigenvalue weighted by Crippen LogP contribution is 2.31. The van der Waals surface area contributed by atoms with E-state index in [2.05, 4.69) is 0 Å². The minimum absolute atomic E-state index is 0.0269. The van der Waals surface area contributed by atoms with Crippen molar-refractivity contribution in [2.75, 3.05) is 0 Å². The topological polar surface area (TPSA) is 57.5 Å². The summed E-state index contributed by atoms with van der Waals surface area (Å²) in [6.07, 6.45) is 0.164. The van der Waals surface area contributed by atoms with Crippen LogP contribution in [0.4, 0.5) is 0 Å². The minimum atomic E-state index is -0.994. The molecule has 2 N–H and O–H groups in total. The number of benzene rings is 2. The highest BCUT2D eigenvalue weighted by atomic mass is 35.5. The molecule has 1 unspecified atom stereocenters. The first-order valence-electron chi connectivity index (χ1n) is 5.93. The number of aromatic hydroxyl groups is 1. The Bertz CT molecular complexity index is 621. The average molecular weight is 311 g/mol. The summed E-state index contributed by atoms with van der Waals surface area (Å²) in [5, 5.41) is 19.7. The van der Waals surface area contributed by atoms with Gasteiger partial charge in [0.25, 0.3) is 0 Å². The van der Waals surface area contributed by atoms with E-state index >= 15 is 0 Å². The molecule has 0 fully saturated rings. The quantitative estimate of drug-likeness (QED) is 0.893. The predicted molar refractivity (Wildman–Crippen MR) is 78.6 cm³/mol. The van der Waals surface area contributed by atoms with Crippen LogP contribution in [0, 0.1) is 0 Å². The van der Waals surface area contributed by atoms with Gasteiger partial charge in [-0.3, -0.25) is 4.79 Å². The molecule has 2 aromatic rings. The summed E-state index contributed by atoms with van der Waals surface area (Å²) in [6, 6.07) is 11.2. The van der Waals surface area contributed by atoms with Crippen LogP contribution < -0.4 is 0 Å². The third-order valence-electron chi connectivity index (χ3n) is 3.04. The van der Waals surface area contributed by atoms with Gasteiger partial charge < -0.3 is 10.2 Å². The molecule has 2 aromatic carbocycles. The fourth-order valence-corrected chi connectivity index (χ4v) is 2.57. The lowest BCUT2D eigenvalue weighted by Crippen LogP contribution is -2.15. The van der Waals surface area contributed by atoms with Crippen LogP contribution in [0.3, 0.4) is 0 Å². The Labute approximate surface area is 126 Å². The number of hydrogen-bond donors (Lipinski definition) is 2. The van der Waals surface area contributed by atoms with Crippen LogP contribution in [0.25, 0.3) is 0 Å². The zero-order chi connectivity index (χ0) is 14.7. The van der Waals surface area contributed by atoms with Gasteiger partial charge in [-0.2, -0.15) is 0 Å². The Morgan fingerprint density at radius 2 is 1.70 bits per heavy atom. The van der Waals surface area contributed by atoms with Gasteiger partial charge in [0.15, 0.2) is 0 Å². The second kappa shape index (κ2) is 6.16. The van der Waals surface area contributed by atoms with Gasteiger partial charge in [0, 0.05) is 10.0 Å². The summed E-state index contributed by atoms with van der Waals surface area (Å²) in [4.78, 5) is 11.5. The van der Waals surface area contributed by atoms with Crippen LogP contribution in [0.15, 0.2) is 42.5 Å². The lowest BCUT2D eigenvalue weighted by Gasteiger charge is -2.15. The molecular formula is C15H12Cl2O3. The average Bonchev–Trinajstić information content (AvgIpc) is 2.38. The van der Waals surface area contributed by atoms with E-state index in [1.807, 2.05) is 0 Å². The predicted octanol–water partition coefficient (Wildman–Crippen LogP) is 4.11. The maximum atomic E-state index is 11.5. The van der Waals surface area contributed by atoms with E-state index in [0.29, 0.717) is 21.2 Å². The van der Waals surface area contributed by atoms with Crippen LogP contribution in [-0.4, -0.2) is 16.2 Å². The number of phenols is 1. The third kappa shape index (κ3) is 3.24. The Kier molecular flexibility index (Phi) is 4.53. The lowest BCUT2D eigenvalue weighted by molar-refractivity contribution is -0.138. The summed E-state index contributed by atoms with van der Waals surface area (Å²) in [7, 11) is 0. The zero-order valence-corrected chi connectivity index (χ0v) is 11.9. The standard InChI is InChI=1S/C15H12Cl2O3/c16-13-5-2-6-14(17)12(13)8-11(15(19)20)9-3-1-4-10(18)7-9/h1-7,11,18H,8H2,(H,19,20). The molecule has 0 amide bonds. The van der Waals surface area contributed by atoms with Crippen LogP contribution in [0.1, 0.15) is 17.0 Å². The molecule has 0 spiro atoms. The number of phenolic OH excluding ortho intramolecular Hbond substituents is 1. The second-order valence-electron chi connectivity index (χ2n) is 4.39. The number of halogens is 2. The van der Waals surface area contributed by atoms with E-state index in [0.717, 1.165) is 0 Å². The molecule has 104 valence electrons. The first-order valence-corrected chi connectivity index (χ1v) is 6.69. The van der Waals surface area contributed by atoms with Crippen molar-refractivity contribution < 1.29 is 15.0 Å². The van der Waals surface area contributed by atoms with Crippen molar-refractivity contribution in [3.63, 3.8) is 0 Å². The van der Waals surface area contributed by atoms with E-state index in [-0.39, 0.29) is 12.2 Å².